The van der Waals surface area contributed by atoms with Gasteiger partial charge in [0.05, 0.1) is 11.6 Å². The summed E-state index contributed by atoms with van der Waals surface area (Å²) < 4.78 is 0. The first kappa shape index (κ1) is 11.0. The summed E-state index contributed by atoms with van der Waals surface area (Å²) in [7, 11) is 0. The van der Waals surface area contributed by atoms with Crippen molar-refractivity contribution in [3.8, 4) is 6.07 Å². The SMILES string of the molecule is Cc1cc(C(=O)c2ccc(C#N)cc2)ccn1. The van der Waals surface area contributed by atoms with Crippen molar-refractivity contribution in [2.24, 2.45) is 0 Å². The van der Waals surface area contributed by atoms with Crippen LogP contribution < -0.4 is 0 Å². The Kier molecular flexibility index (Phi) is 2.97. The van der Waals surface area contributed by atoms with Gasteiger partial charge in [-0.3, -0.25) is 9.78 Å². The maximum Gasteiger partial charge on any atom is 0.193 e. The normalized spacial score (nSPS) is 9.65. The van der Waals surface area contributed by atoms with Gasteiger partial charge < -0.3 is 0 Å². The van der Waals surface area contributed by atoms with Crippen molar-refractivity contribution in [3.63, 3.8) is 0 Å². The molecule has 3 heteroatoms. The van der Waals surface area contributed by atoms with Crippen LogP contribution in [0.2, 0.25) is 0 Å². The molecule has 1 heterocycles. The Morgan fingerprint density at radius 2 is 1.88 bits per heavy atom. The van der Waals surface area contributed by atoms with E-state index >= 15 is 0 Å². The van der Waals surface area contributed by atoms with Crippen LogP contribution >= 0.6 is 0 Å². The minimum absolute atomic E-state index is 0.0556. The third kappa shape index (κ3) is 2.37. The molecule has 2 aromatic rings. The lowest BCUT2D eigenvalue weighted by molar-refractivity contribution is 0.103. The zero-order valence-electron chi connectivity index (χ0n) is 9.34. The summed E-state index contributed by atoms with van der Waals surface area (Å²) in [5.41, 5.74) is 2.55. The molecule has 0 unspecified atom stereocenters. The molecule has 0 fully saturated rings. The molecule has 0 radical (unpaired) electrons. The summed E-state index contributed by atoms with van der Waals surface area (Å²) in [6, 6.07) is 12.1. The highest BCUT2D eigenvalue weighted by atomic mass is 16.1. The van der Waals surface area contributed by atoms with Crippen molar-refractivity contribution in [3.05, 3.63) is 65.0 Å². The molecule has 0 atom stereocenters. The molecule has 0 aliphatic carbocycles. The highest BCUT2D eigenvalue weighted by molar-refractivity contribution is 6.09. The number of aromatic nitrogens is 1. The lowest BCUT2D eigenvalue weighted by Crippen LogP contribution is -2.02. The van der Waals surface area contributed by atoms with E-state index in [0.717, 1.165) is 5.69 Å². The molecule has 3 nitrogen and oxygen atoms in total. The van der Waals surface area contributed by atoms with Gasteiger partial charge in [0.15, 0.2) is 5.78 Å². The van der Waals surface area contributed by atoms with Crippen LogP contribution in [0.1, 0.15) is 27.2 Å². The minimum Gasteiger partial charge on any atom is -0.289 e. The topological polar surface area (TPSA) is 53.8 Å². The van der Waals surface area contributed by atoms with Crippen LogP contribution in [0.3, 0.4) is 0 Å². The molecule has 82 valence electrons. The van der Waals surface area contributed by atoms with Gasteiger partial charge in [-0.25, -0.2) is 0 Å². The molecule has 0 saturated heterocycles. The van der Waals surface area contributed by atoms with E-state index < -0.39 is 0 Å². The van der Waals surface area contributed by atoms with Crippen LogP contribution in [0.25, 0.3) is 0 Å². The first-order valence-electron chi connectivity index (χ1n) is 5.18. The molecule has 0 aliphatic heterocycles. The molecule has 0 spiro atoms. The highest BCUT2D eigenvalue weighted by Crippen LogP contribution is 2.11. The molecule has 1 aromatic heterocycles. The number of benzene rings is 1. The Balaban J connectivity index is 2.34. The fourth-order valence-corrected chi connectivity index (χ4v) is 1.55. The predicted octanol–water partition coefficient (Wildman–Crippen LogP) is 2.49. The number of carbonyl (C=O) groups is 1. The second-order valence-electron chi connectivity index (χ2n) is 3.70. The summed E-state index contributed by atoms with van der Waals surface area (Å²) in [6.45, 7) is 1.84. The van der Waals surface area contributed by atoms with Crippen LogP contribution in [0.15, 0.2) is 42.6 Å². The summed E-state index contributed by atoms with van der Waals surface area (Å²) in [4.78, 5) is 16.1. The van der Waals surface area contributed by atoms with Crippen LogP contribution in [-0.2, 0) is 0 Å². The number of aryl methyl sites for hydroxylation is 1. The molecular formula is C14H10N2O. The van der Waals surface area contributed by atoms with Crippen molar-refractivity contribution in [1.82, 2.24) is 4.98 Å². The fourth-order valence-electron chi connectivity index (χ4n) is 1.55. The summed E-state index contributed by atoms with van der Waals surface area (Å²) in [5, 5.41) is 8.68. The Hall–Kier alpha value is -2.47. The monoisotopic (exact) mass is 222 g/mol. The van der Waals surface area contributed by atoms with Gasteiger partial charge in [0.1, 0.15) is 0 Å². The molecule has 17 heavy (non-hydrogen) atoms. The second kappa shape index (κ2) is 4.58. The van der Waals surface area contributed by atoms with Crippen molar-refractivity contribution in [2.75, 3.05) is 0 Å². The molecule has 2 rings (SSSR count). The van der Waals surface area contributed by atoms with Crippen molar-refractivity contribution in [1.29, 1.82) is 5.26 Å². The second-order valence-corrected chi connectivity index (χ2v) is 3.70. The van der Waals surface area contributed by atoms with Gasteiger partial charge >= 0.3 is 0 Å². The van der Waals surface area contributed by atoms with Gasteiger partial charge in [0.25, 0.3) is 0 Å². The van der Waals surface area contributed by atoms with E-state index in [0.29, 0.717) is 16.7 Å². The quantitative estimate of drug-likeness (QED) is 0.733. The van der Waals surface area contributed by atoms with Crippen molar-refractivity contribution in [2.45, 2.75) is 6.92 Å². The van der Waals surface area contributed by atoms with Crippen molar-refractivity contribution < 1.29 is 4.79 Å². The van der Waals surface area contributed by atoms with Crippen LogP contribution in [0.4, 0.5) is 0 Å². The number of hydrogen-bond donors (Lipinski definition) is 0. The molecule has 0 N–H and O–H groups in total. The summed E-state index contributed by atoms with van der Waals surface area (Å²) in [5.74, 6) is -0.0556. The van der Waals surface area contributed by atoms with E-state index in [9.17, 15) is 4.79 Å². The van der Waals surface area contributed by atoms with Crippen molar-refractivity contribution >= 4 is 5.78 Å². The number of nitriles is 1. The first-order valence-corrected chi connectivity index (χ1v) is 5.18. The number of nitrogens with zero attached hydrogens (tertiary/aromatic N) is 2. The Labute approximate surface area is 99.4 Å². The number of ketones is 1. The standard InChI is InChI=1S/C14H10N2O/c1-10-8-13(6-7-16-10)14(17)12-4-2-11(9-15)3-5-12/h2-8H,1H3. The van der Waals surface area contributed by atoms with E-state index in [1.807, 2.05) is 13.0 Å². The lowest BCUT2D eigenvalue weighted by atomic mass is 10.0. The van der Waals surface area contributed by atoms with E-state index in [1.165, 1.54) is 0 Å². The average Bonchev–Trinajstić information content (AvgIpc) is 2.38. The van der Waals surface area contributed by atoms with Crippen LogP contribution in [-0.4, -0.2) is 10.8 Å². The van der Waals surface area contributed by atoms with Crippen LogP contribution in [0.5, 0.6) is 0 Å². The molecule has 0 amide bonds. The van der Waals surface area contributed by atoms with Gasteiger partial charge in [-0.05, 0) is 43.3 Å². The molecule has 0 saturated carbocycles. The number of rotatable bonds is 2. The maximum atomic E-state index is 12.1. The Morgan fingerprint density at radius 3 is 2.47 bits per heavy atom. The van der Waals surface area contributed by atoms with Gasteiger partial charge in [0, 0.05) is 23.0 Å². The zero-order chi connectivity index (χ0) is 12.3. The third-order valence-corrected chi connectivity index (χ3v) is 2.44. The Bertz CT molecular complexity index is 594. The van der Waals surface area contributed by atoms with E-state index in [4.69, 9.17) is 5.26 Å². The fraction of sp³-hybridized carbons (Fsp3) is 0.0714. The van der Waals surface area contributed by atoms with E-state index in [1.54, 1.807) is 42.6 Å². The first-order chi connectivity index (χ1) is 8.20. The van der Waals surface area contributed by atoms with E-state index in [-0.39, 0.29) is 5.78 Å². The average molecular weight is 222 g/mol. The van der Waals surface area contributed by atoms with Gasteiger partial charge in [-0.1, -0.05) is 0 Å². The number of pyridine rings is 1. The van der Waals surface area contributed by atoms with Gasteiger partial charge in [-0.2, -0.15) is 5.26 Å². The highest BCUT2D eigenvalue weighted by Gasteiger charge is 2.08. The predicted molar refractivity (Wildman–Crippen MR) is 63.6 cm³/mol. The van der Waals surface area contributed by atoms with Gasteiger partial charge in [-0.15, -0.1) is 0 Å². The maximum absolute atomic E-state index is 12.1. The van der Waals surface area contributed by atoms with Crippen LogP contribution in [0, 0.1) is 18.3 Å². The summed E-state index contributed by atoms with van der Waals surface area (Å²) >= 11 is 0. The number of carbonyl (C=O) groups excluding carboxylic acids is 1. The molecular weight excluding hydrogens is 212 g/mol. The summed E-state index contributed by atoms with van der Waals surface area (Å²) in [6.07, 6.45) is 1.62. The largest absolute Gasteiger partial charge is 0.289 e. The molecule has 0 bridgehead atoms. The number of hydrogen-bond acceptors (Lipinski definition) is 3. The molecule has 1 aromatic carbocycles. The third-order valence-electron chi connectivity index (χ3n) is 2.44. The zero-order valence-corrected chi connectivity index (χ0v) is 9.34. The molecule has 0 aliphatic rings. The Morgan fingerprint density at radius 1 is 1.18 bits per heavy atom. The smallest absolute Gasteiger partial charge is 0.193 e. The minimum atomic E-state index is -0.0556. The lowest BCUT2D eigenvalue weighted by Gasteiger charge is -2.01. The van der Waals surface area contributed by atoms with Gasteiger partial charge in [0.2, 0.25) is 0 Å². The van der Waals surface area contributed by atoms with E-state index in [2.05, 4.69) is 4.98 Å².